The van der Waals surface area contributed by atoms with Crippen LogP contribution in [0.4, 0.5) is 0 Å². The molecule has 6 heteroatoms. The molecule has 0 radical (unpaired) electrons. The third-order valence-electron chi connectivity index (χ3n) is 2.48. The summed E-state index contributed by atoms with van der Waals surface area (Å²) < 4.78 is 15.5. The summed E-state index contributed by atoms with van der Waals surface area (Å²) in [6, 6.07) is 3.41. The van der Waals surface area contributed by atoms with Gasteiger partial charge in [-0.25, -0.2) is 4.98 Å². The van der Waals surface area contributed by atoms with E-state index in [4.69, 9.17) is 14.2 Å². The number of amides is 1. The van der Waals surface area contributed by atoms with Crippen LogP contribution >= 0.6 is 0 Å². The van der Waals surface area contributed by atoms with Crippen LogP contribution in [-0.4, -0.2) is 51.0 Å². The maximum atomic E-state index is 12.0. The zero-order chi connectivity index (χ0) is 14.6. The molecule has 6 nitrogen and oxygen atoms in total. The summed E-state index contributed by atoms with van der Waals surface area (Å²) in [4.78, 5) is 16.0. The van der Waals surface area contributed by atoms with E-state index >= 15 is 0 Å². The van der Waals surface area contributed by atoms with Gasteiger partial charge in [-0.05, 0) is 25.5 Å². The van der Waals surface area contributed by atoms with Crippen molar-refractivity contribution in [3.05, 3.63) is 23.9 Å². The number of rotatable bonds is 10. The van der Waals surface area contributed by atoms with Crippen molar-refractivity contribution >= 4 is 5.91 Å². The van der Waals surface area contributed by atoms with Gasteiger partial charge in [0.2, 0.25) is 5.88 Å². The molecule has 1 heterocycles. The Labute approximate surface area is 119 Å². The maximum absolute atomic E-state index is 12.0. The summed E-state index contributed by atoms with van der Waals surface area (Å²) in [7, 11) is 1.63. The largest absolute Gasteiger partial charge is 0.477 e. The molecule has 1 N–H and O–H groups in total. The van der Waals surface area contributed by atoms with Crippen LogP contribution in [0.5, 0.6) is 5.88 Å². The van der Waals surface area contributed by atoms with Crippen LogP contribution in [0.15, 0.2) is 18.3 Å². The van der Waals surface area contributed by atoms with Crippen molar-refractivity contribution in [2.45, 2.75) is 13.3 Å². The normalized spacial score (nSPS) is 10.3. The van der Waals surface area contributed by atoms with Gasteiger partial charge in [0.1, 0.15) is 5.56 Å². The summed E-state index contributed by atoms with van der Waals surface area (Å²) in [6.45, 7) is 4.63. The summed E-state index contributed by atoms with van der Waals surface area (Å²) >= 11 is 0. The zero-order valence-electron chi connectivity index (χ0n) is 12.1. The number of ether oxygens (including phenoxy) is 3. The fourth-order valence-electron chi connectivity index (χ4n) is 1.53. The Morgan fingerprint density at radius 3 is 2.95 bits per heavy atom. The van der Waals surface area contributed by atoms with E-state index in [0.29, 0.717) is 44.4 Å². The number of pyridine rings is 1. The molecule has 0 atom stereocenters. The van der Waals surface area contributed by atoms with Gasteiger partial charge in [0.25, 0.3) is 5.91 Å². The lowest BCUT2D eigenvalue weighted by Gasteiger charge is -2.09. The first kappa shape index (κ1) is 16.4. The minimum atomic E-state index is -0.182. The molecule has 0 aliphatic heterocycles. The van der Waals surface area contributed by atoms with Gasteiger partial charge in [-0.1, -0.05) is 0 Å². The Kier molecular flexibility index (Phi) is 8.33. The lowest BCUT2D eigenvalue weighted by Crippen LogP contribution is -2.26. The average Bonchev–Trinajstić information content (AvgIpc) is 2.47. The molecular formula is C14H22N2O4. The van der Waals surface area contributed by atoms with Gasteiger partial charge in [0.05, 0.1) is 19.8 Å². The Morgan fingerprint density at radius 1 is 1.35 bits per heavy atom. The van der Waals surface area contributed by atoms with Gasteiger partial charge in [-0.2, -0.15) is 0 Å². The number of methoxy groups -OCH3 is 1. The molecule has 1 rings (SSSR count). The van der Waals surface area contributed by atoms with Crippen LogP contribution in [0, 0.1) is 0 Å². The van der Waals surface area contributed by atoms with Crippen molar-refractivity contribution in [3.63, 3.8) is 0 Å². The maximum Gasteiger partial charge on any atom is 0.256 e. The van der Waals surface area contributed by atoms with Gasteiger partial charge in [0.15, 0.2) is 0 Å². The SMILES string of the molecule is CCOc1ncccc1C(=O)NCCCOCCOC. The lowest BCUT2D eigenvalue weighted by molar-refractivity contribution is 0.0688. The van der Waals surface area contributed by atoms with Crippen molar-refractivity contribution in [1.82, 2.24) is 10.3 Å². The van der Waals surface area contributed by atoms with E-state index in [1.807, 2.05) is 6.92 Å². The zero-order valence-corrected chi connectivity index (χ0v) is 12.1. The van der Waals surface area contributed by atoms with Gasteiger partial charge < -0.3 is 19.5 Å². The minimum absolute atomic E-state index is 0.182. The Balaban J connectivity index is 2.29. The fourth-order valence-corrected chi connectivity index (χ4v) is 1.53. The highest BCUT2D eigenvalue weighted by molar-refractivity contribution is 5.96. The van der Waals surface area contributed by atoms with Gasteiger partial charge in [0, 0.05) is 26.5 Å². The van der Waals surface area contributed by atoms with Crippen LogP contribution < -0.4 is 10.1 Å². The molecule has 1 aromatic rings. The van der Waals surface area contributed by atoms with Crippen molar-refractivity contribution < 1.29 is 19.0 Å². The number of hydrogen-bond donors (Lipinski definition) is 1. The molecule has 0 spiro atoms. The second-order valence-corrected chi connectivity index (χ2v) is 4.00. The molecule has 0 saturated heterocycles. The standard InChI is InChI=1S/C14H22N2O4/c1-3-20-14-12(6-4-7-16-14)13(17)15-8-5-9-19-11-10-18-2/h4,6-7H,3,5,8-11H2,1-2H3,(H,15,17). The van der Waals surface area contributed by atoms with Crippen LogP contribution in [-0.2, 0) is 9.47 Å². The second-order valence-electron chi connectivity index (χ2n) is 4.00. The quantitative estimate of drug-likeness (QED) is 0.654. The van der Waals surface area contributed by atoms with Crippen molar-refractivity contribution in [2.75, 3.05) is 40.1 Å². The highest BCUT2D eigenvalue weighted by atomic mass is 16.5. The minimum Gasteiger partial charge on any atom is -0.477 e. The summed E-state index contributed by atoms with van der Waals surface area (Å²) in [5, 5.41) is 2.82. The van der Waals surface area contributed by atoms with Gasteiger partial charge in [-0.15, -0.1) is 0 Å². The van der Waals surface area contributed by atoms with Crippen LogP contribution in [0.2, 0.25) is 0 Å². The van der Waals surface area contributed by atoms with E-state index in [-0.39, 0.29) is 5.91 Å². The van der Waals surface area contributed by atoms with E-state index in [1.165, 1.54) is 0 Å². The lowest BCUT2D eigenvalue weighted by atomic mass is 10.2. The number of hydrogen-bond acceptors (Lipinski definition) is 5. The van der Waals surface area contributed by atoms with Crippen LogP contribution in [0.3, 0.4) is 0 Å². The molecule has 0 saturated carbocycles. The van der Waals surface area contributed by atoms with E-state index in [0.717, 1.165) is 6.42 Å². The third kappa shape index (κ3) is 5.99. The van der Waals surface area contributed by atoms with Crippen molar-refractivity contribution in [2.24, 2.45) is 0 Å². The number of carbonyl (C=O) groups is 1. The Morgan fingerprint density at radius 2 is 2.20 bits per heavy atom. The van der Waals surface area contributed by atoms with Gasteiger partial charge in [-0.3, -0.25) is 4.79 Å². The van der Waals surface area contributed by atoms with Crippen LogP contribution in [0.25, 0.3) is 0 Å². The first-order valence-corrected chi connectivity index (χ1v) is 6.72. The summed E-state index contributed by atoms with van der Waals surface area (Å²) in [5.74, 6) is 0.183. The fraction of sp³-hybridized carbons (Fsp3) is 0.571. The van der Waals surface area contributed by atoms with E-state index < -0.39 is 0 Å². The molecule has 112 valence electrons. The molecule has 1 amide bonds. The molecule has 0 aliphatic rings. The molecule has 0 fully saturated rings. The Bertz CT molecular complexity index is 399. The molecule has 20 heavy (non-hydrogen) atoms. The average molecular weight is 282 g/mol. The van der Waals surface area contributed by atoms with E-state index in [1.54, 1.807) is 25.4 Å². The Hall–Kier alpha value is -1.66. The number of aromatic nitrogens is 1. The molecule has 0 unspecified atom stereocenters. The topological polar surface area (TPSA) is 69.7 Å². The van der Waals surface area contributed by atoms with Crippen LogP contribution in [0.1, 0.15) is 23.7 Å². The highest BCUT2D eigenvalue weighted by Crippen LogP contribution is 2.13. The third-order valence-corrected chi connectivity index (χ3v) is 2.48. The van der Waals surface area contributed by atoms with E-state index in [2.05, 4.69) is 10.3 Å². The summed E-state index contributed by atoms with van der Waals surface area (Å²) in [6.07, 6.45) is 2.35. The van der Waals surface area contributed by atoms with Gasteiger partial charge >= 0.3 is 0 Å². The molecule has 1 aromatic heterocycles. The van der Waals surface area contributed by atoms with Crippen molar-refractivity contribution in [1.29, 1.82) is 0 Å². The first-order valence-electron chi connectivity index (χ1n) is 6.72. The number of nitrogens with one attached hydrogen (secondary N) is 1. The number of carbonyl (C=O) groups excluding carboxylic acids is 1. The van der Waals surface area contributed by atoms with Crippen molar-refractivity contribution in [3.8, 4) is 5.88 Å². The smallest absolute Gasteiger partial charge is 0.256 e. The predicted octanol–water partition coefficient (Wildman–Crippen LogP) is 1.26. The summed E-state index contributed by atoms with van der Waals surface area (Å²) in [5.41, 5.74) is 0.453. The molecule has 0 bridgehead atoms. The first-order chi connectivity index (χ1) is 9.79. The highest BCUT2D eigenvalue weighted by Gasteiger charge is 2.12. The molecular weight excluding hydrogens is 260 g/mol. The van der Waals surface area contributed by atoms with E-state index in [9.17, 15) is 4.79 Å². The molecule has 0 aromatic carbocycles. The number of nitrogens with zero attached hydrogens (tertiary/aromatic N) is 1. The predicted molar refractivity (Wildman–Crippen MR) is 75.1 cm³/mol. The monoisotopic (exact) mass is 282 g/mol. The molecule has 0 aliphatic carbocycles. The second kappa shape index (κ2) is 10.2.